The van der Waals surface area contributed by atoms with E-state index in [1.54, 1.807) is 0 Å². The normalized spacial score (nSPS) is 40.1. The highest BCUT2D eigenvalue weighted by atomic mass is 16.6. The molecule has 5 nitrogen and oxygen atoms in total. The van der Waals surface area contributed by atoms with Crippen molar-refractivity contribution < 1.29 is 23.8 Å². The summed E-state index contributed by atoms with van der Waals surface area (Å²) in [5, 5.41) is 0. The summed E-state index contributed by atoms with van der Waals surface area (Å²) in [6.07, 6.45) is 4.90. The molecule has 0 amide bonds. The fraction of sp³-hybridized carbons (Fsp3) is 0.875. The van der Waals surface area contributed by atoms with E-state index in [9.17, 15) is 9.59 Å². The predicted octanol–water partition coefficient (Wildman–Crippen LogP) is 1.79. The van der Waals surface area contributed by atoms with Crippen LogP contribution in [0.2, 0.25) is 0 Å². The lowest BCUT2D eigenvalue weighted by Gasteiger charge is -2.57. The fourth-order valence-corrected chi connectivity index (χ4v) is 4.94. The molecule has 0 radical (unpaired) electrons. The molecule has 6 atom stereocenters. The predicted molar refractivity (Wildman–Crippen MR) is 74.3 cm³/mol. The van der Waals surface area contributed by atoms with Crippen LogP contribution in [0, 0.1) is 29.6 Å². The highest BCUT2D eigenvalue weighted by Gasteiger charge is 2.54. The molecule has 0 spiro atoms. The van der Waals surface area contributed by atoms with Gasteiger partial charge in [-0.25, -0.2) is 4.79 Å². The molecular formula is C16H24O5. The number of hydrogen-bond donors (Lipinski definition) is 0. The van der Waals surface area contributed by atoms with Crippen molar-refractivity contribution in [2.24, 2.45) is 29.6 Å². The molecule has 0 aromatic carbocycles. The zero-order valence-corrected chi connectivity index (χ0v) is 12.7. The van der Waals surface area contributed by atoms with Crippen LogP contribution in [0.15, 0.2) is 0 Å². The van der Waals surface area contributed by atoms with Gasteiger partial charge < -0.3 is 14.2 Å². The second-order valence-corrected chi connectivity index (χ2v) is 6.81. The minimum Gasteiger partial charge on any atom is -0.467 e. The average Bonchev–Trinajstić information content (AvgIpc) is 2.45. The minimum atomic E-state index is -0.319. The number of ether oxygens (including phenoxy) is 3. The van der Waals surface area contributed by atoms with Gasteiger partial charge in [0.25, 0.3) is 0 Å². The van der Waals surface area contributed by atoms with E-state index in [2.05, 4.69) is 4.74 Å². The van der Waals surface area contributed by atoms with Crippen molar-refractivity contribution in [1.82, 2.24) is 0 Å². The Hall–Kier alpha value is -1.10. The Morgan fingerprint density at radius 3 is 2.57 bits per heavy atom. The first kappa shape index (κ1) is 14.8. The number of carbonyl (C=O) groups excluding carboxylic acids is 2. The quantitative estimate of drug-likeness (QED) is 0.724. The molecule has 6 unspecified atom stereocenters. The Balaban J connectivity index is 1.66. The molecule has 5 heteroatoms. The fourth-order valence-electron chi connectivity index (χ4n) is 4.94. The standard InChI is InChI=1S/C16H24O5/c1-9(17)20-7-14-11-3-10-4-12(6-11)16(13(14)5-10)21-8-15(18)19-2/h10-14,16H,3-8H2,1-2H3. The lowest BCUT2D eigenvalue weighted by Crippen LogP contribution is -2.55. The lowest BCUT2D eigenvalue weighted by molar-refractivity contribution is -0.182. The molecule has 4 aliphatic carbocycles. The molecule has 118 valence electrons. The van der Waals surface area contributed by atoms with Crippen molar-refractivity contribution in [2.75, 3.05) is 20.3 Å². The Morgan fingerprint density at radius 2 is 1.86 bits per heavy atom. The Morgan fingerprint density at radius 1 is 1.10 bits per heavy atom. The van der Waals surface area contributed by atoms with Crippen molar-refractivity contribution in [3.63, 3.8) is 0 Å². The SMILES string of the molecule is COC(=O)COC1C2CC3CC(C2)C(COC(C)=O)C1C3. The van der Waals surface area contributed by atoms with Gasteiger partial charge in [0.1, 0.15) is 6.61 Å². The summed E-state index contributed by atoms with van der Waals surface area (Å²) in [5.41, 5.74) is 0. The summed E-state index contributed by atoms with van der Waals surface area (Å²) in [4.78, 5) is 22.4. The maximum Gasteiger partial charge on any atom is 0.331 e. The summed E-state index contributed by atoms with van der Waals surface area (Å²) < 4.78 is 15.8. The molecule has 4 bridgehead atoms. The largest absolute Gasteiger partial charge is 0.467 e. The van der Waals surface area contributed by atoms with E-state index in [1.807, 2.05) is 0 Å². The second-order valence-electron chi connectivity index (χ2n) is 6.81. The first-order valence-corrected chi connectivity index (χ1v) is 7.90. The van der Waals surface area contributed by atoms with Gasteiger partial charge in [0.2, 0.25) is 0 Å². The third kappa shape index (κ3) is 2.93. The number of rotatable bonds is 5. The van der Waals surface area contributed by atoms with Crippen LogP contribution in [0.5, 0.6) is 0 Å². The topological polar surface area (TPSA) is 61.8 Å². The zero-order chi connectivity index (χ0) is 15.0. The summed E-state index contributed by atoms with van der Waals surface area (Å²) in [5.74, 6) is 2.30. The summed E-state index contributed by atoms with van der Waals surface area (Å²) in [7, 11) is 1.38. The molecule has 4 saturated carbocycles. The third-order valence-electron chi connectivity index (χ3n) is 5.63. The van der Waals surface area contributed by atoms with Gasteiger partial charge in [0.15, 0.2) is 0 Å². The Labute approximate surface area is 125 Å². The number of hydrogen-bond acceptors (Lipinski definition) is 5. The van der Waals surface area contributed by atoms with Gasteiger partial charge in [-0.1, -0.05) is 0 Å². The van der Waals surface area contributed by atoms with E-state index >= 15 is 0 Å². The van der Waals surface area contributed by atoms with Gasteiger partial charge >= 0.3 is 11.9 Å². The monoisotopic (exact) mass is 296 g/mol. The van der Waals surface area contributed by atoms with E-state index in [0.717, 1.165) is 18.8 Å². The van der Waals surface area contributed by atoms with Crippen molar-refractivity contribution in [3.05, 3.63) is 0 Å². The lowest BCUT2D eigenvalue weighted by atomic mass is 9.50. The highest BCUT2D eigenvalue weighted by molar-refractivity contribution is 5.70. The number of methoxy groups -OCH3 is 1. The molecule has 4 aliphatic rings. The van der Waals surface area contributed by atoms with Gasteiger partial charge in [-0.05, 0) is 49.4 Å². The van der Waals surface area contributed by atoms with Crippen molar-refractivity contribution in [2.45, 2.75) is 38.7 Å². The van der Waals surface area contributed by atoms with Crippen LogP contribution in [-0.4, -0.2) is 38.4 Å². The smallest absolute Gasteiger partial charge is 0.331 e. The molecule has 0 N–H and O–H groups in total. The molecule has 0 aromatic rings. The molecule has 0 aliphatic heterocycles. The Kier molecular flexibility index (Phi) is 4.20. The minimum absolute atomic E-state index is 0.0315. The number of carbonyl (C=O) groups is 2. The molecule has 0 saturated heterocycles. The van der Waals surface area contributed by atoms with Gasteiger partial charge in [0.05, 0.1) is 19.8 Å². The summed E-state index contributed by atoms with van der Waals surface area (Å²) in [6.45, 7) is 1.99. The van der Waals surface area contributed by atoms with Crippen LogP contribution in [0.1, 0.15) is 32.6 Å². The molecule has 4 rings (SSSR count). The van der Waals surface area contributed by atoms with Crippen molar-refractivity contribution in [3.8, 4) is 0 Å². The molecule has 21 heavy (non-hydrogen) atoms. The van der Waals surface area contributed by atoms with E-state index < -0.39 is 0 Å². The first-order valence-electron chi connectivity index (χ1n) is 7.90. The van der Waals surface area contributed by atoms with Gasteiger partial charge in [-0.15, -0.1) is 0 Å². The van der Waals surface area contributed by atoms with Gasteiger partial charge in [0, 0.05) is 12.8 Å². The van der Waals surface area contributed by atoms with E-state index in [1.165, 1.54) is 26.9 Å². The van der Waals surface area contributed by atoms with E-state index in [0.29, 0.717) is 30.3 Å². The molecular weight excluding hydrogens is 272 g/mol. The number of esters is 2. The first-order chi connectivity index (χ1) is 10.1. The maximum absolute atomic E-state index is 11.3. The van der Waals surface area contributed by atoms with Crippen LogP contribution in [-0.2, 0) is 23.8 Å². The highest BCUT2D eigenvalue weighted by Crippen LogP contribution is 2.57. The zero-order valence-electron chi connectivity index (χ0n) is 12.7. The van der Waals surface area contributed by atoms with Crippen molar-refractivity contribution >= 4 is 11.9 Å². The second kappa shape index (κ2) is 5.95. The summed E-state index contributed by atoms with van der Waals surface area (Å²) >= 11 is 0. The average molecular weight is 296 g/mol. The van der Waals surface area contributed by atoms with Gasteiger partial charge in [-0.2, -0.15) is 0 Å². The van der Waals surface area contributed by atoms with Crippen LogP contribution < -0.4 is 0 Å². The van der Waals surface area contributed by atoms with Crippen LogP contribution in [0.25, 0.3) is 0 Å². The van der Waals surface area contributed by atoms with Gasteiger partial charge in [-0.3, -0.25) is 4.79 Å². The van der Waals surface area contributed by atoms with Crippen LogP contribution in [0.3, 0.4) is 0 Å². The Bertz CT molecular complexity index is 421. The molecule has 0 aromatic heterocycles. The molecule has 0 heterocycles. The molecule has 4 fully saturated rings. The van der Waals surface area contributed by atoms with Crippen LogP contribution in [0.4, 0.5) is 0 Å². The van der Waals surface area contributed by atoms with E-state index in [4.69, 9.17) is 9.47 Å². The summed E-state index contributed by atoms with van der Waals surface area (Å²) in [6, 6.07) is 0. The third-order valence-corrected chi connectivity index (χ3v) is 5.63. The van der Waals surface area contributed by atoms with Crippen LogP contribution >= 0.6 is 0 Å². The van der Waals surface area contributed by atoms with E-state index in [-0.39, 0.29) is 24.6 Å². The maximum atomic E-state index is 11.3. The van der Waals surface area contributed by atoms with Crippen molar-refractivity contribution in [1.29, 1.82) is 0 Å².